The molecule has 0 aliphatic rings. The number of carbonyl (C=O) groups excluding carboxylic acids is 1. The second kappa shape index (κ2) is 6.69. The summed E-state index contributed by atoms with van der Waals surface area (Å²) in [5.41, 5.74) is 0. The lowest BCUT2D eigenvalue weighted by atomic mass is 10.3. The van der Waals surface area contributed by atoms with Crippen molar-refractivity contribution in [2.45, 2.75) is 32.4 Å². The van der Waals surface area contributed by atoms with Gasteiger partial charge >= 0.3 is 12.2 Å². The zero-order valence-electron chi connectivity index (χ0n) is 10.6. The summed E-state index contributed by atoms with van der Waals surface area (Å²) in [5.74, 6) is 0. The molecule has 9 heteroatoms. The Kier molecular flexibility index (Phi) is 5.52. The SMILES string of the molecule is CCCCc1nnc(NC(=O)N(C)CC(F)(F)F)s1. The Labute approximate surface area is 112 Å². The van der Waals surface area contributed by atoms with E-state index in [2.05, 4.69) is 15.5 Å². The van der Waals surface area contributed by atoms with Crippen LogP contribution in [0.4, 0.5) is 23.1 Å². The topological polar surface area (TPSA) is 58.1 Å². The van der Waals surface area contributed by atoms with E-state index >= 15 is 0 Å². The highest BCUT2D eigenvalue weighted by Crippen LogP contribution is 2.19. The molecular formula is C10H15F3N4OS. The number of nitrogens with zero attached hydrogens (tertiary/aromatic N) is 3. The van der Waals surface area contributed by atoms with Gasteiger partial charge in [0.15, 0.2) is 0 Å². The van der Waals surface area contributed by atoms with Gasteiger partial charge in [-0.3, -0.25) is 5.32 Å². The summed E-state index contributed by atoms with van der Waals surface area (Å²) in [7, 11) is 1.07. The number of alkyl halides is 3. The first kappa shape index (κ1) is 15.7. The Balaban J connectivity index is 2.50. The second-order valence-corrected chi connectivity index (χ2v) is 5.07. The van der Waals surface area contributed by atoms with Crippen molar-refractivity contribution in [3.8, 4) is 0 Å². The molecule has 1 heterocycles. The molecule has 0 aromatic carbocycles. The fourth-order valence-electron chi connectivity index (χ4n) is 1.26. The van der Waals surface area contributed by atoms with Crippen LogP contribution >= 0.6 is 11.3 Å². The lowest BCUT2D eigenvalue weighted by Crippen LogP contribution is -2.38. The number of hydrogen-bond donors (Lipinski definition) is 1. The van der Waals surface area contributed by atoms with Crippen LogP contribution in [0.5, 0.6) is 0 Å². The smallest absolute Gasteiger partial charge is 0.318 e. The van der Waals surface area contributed by atoms with Gasteiger partial charge in [0.1, 0.15) is 11.6 Å². The van der Waals surface area contributed by atoms with Crippen LogP contribution in [-0.2, 0) is 6.42 Å². The predicted octanol–water partition coefficient (Wildman–Crippen LogP) is 2.91. The van der Waals surface area contributed by atoms with Crippen LogP contribution in [0.1, 0.15) is 24.8 Å². The summed E-state index contributed by atoms with van der Waals surface area (Å²) in [6, 6.07) is -0.851. The van der Waals surface area contributed by atoms with Gasteiger partial charge in [-0.2, -0.15) is 13.2 Å². The molecule has 0 aliphatic heterocycles. The molecule has 1 N–H and O–H groups in total. The molecule has 0 radical (unpaired) electrons. The van der Waals surface area contributed by atoms with E-state index in [0.29, 0.717) is 4.90 Å². The number of halogens is 3. The van der Waals surface area contributed by atoms with Gasteiger partial charge < -0.3 is 4.90 Å². The van der Waals surface area contributed by atoms with Crippen molar-refractivity contribution in [3.63, 3.8) is 0 Å². The number of nitrogens with one attached hydrogen (secondary N) is 1. The molecule has 0 saturated heterocycles. The number of aromatic nitrogens is 2. The highest BCUT2D eigenvalue weighted by molar-refractivity contribution is 7.15. The van der Waals surface area contributed by atoms with E-state index in [9.17, 15) is 18.0 Å². The average molecular weight is 296 g/mol. The maximum Gasteiger partial charge on any atom is 0.406 e. The minimum Gasteiger partial charge on any atom is -0.318 e. The fraction of sp³-hybridized carbons (Fsp3) is 0.700. The molecule has 19 heavy (non-hydrogen) atoms. The number of amides is 2. The Morgan fingerprint density at radius 3 is 2.68 bits per heavy atom. The number of urea groups is 1. The minimum atomic E-state index is -4.42. The highest BCUT2D eigenvalue weighted by Gasteiger charge is 2.31. The van der Waals surface area contributed by atoms with Crippen molar-refractivity contribution in [1.82, 2.24) is 15.1 Å². The van der Waals surface area contributed by atoms with Gasteiger partial charge in [0, 0.05) is 13.5 Å². The van der Waals surface area contributed by atoms with E-state index in [1.54, 1.807) is 0 Å². The van der Waals surface area contributed by atoms with Crippen LogP contribution in [0.15, 0.2) is 0 Å². The number of rotatable bonds is 5. The molecule has 2 amide bonds. The maximum absolute atomic E-state index is 12.1. The van der Waals surface area contributed by atoms with E-state index in [1.807, 2.05) is 6.92 Å². The summed E-state index contributed by atoms with van der Waals surface area (Å²) in [4.78, 5) is 12.0. The maximum atomic E-state index is 12.1. The summed E-state index contributed by atoms with van der Waals surface area (Å²) >= 11 is 1.17. The number of aryl methyl sites for hydroxylation is 1. The third-order valence-electron chi connectivity index (χ3n) is 2.19. The minimum absolute atomic E-state index is 0.213. The first-order valence-electron chi connectivity index (χ1n) is 5.73. The zero-order valence-corrected chi connectivity index (χ0v) is 11.4. The summed E-state index contributed by atoms with van der Waals surface area (Å²) in [5, 5.41) is 10.8. The first-order chi connectivity index (χ1) is 8.81. The lowest BCUT2D eigenvalue weighted by molar-refractivity contribution is -0.137. The average Bonchev–Trinajstić information content (AvgIpc) is 2.71. The van der Waals surface area contributed by atoms with Crippen LogP contribution < -0.4 is 5.32 Å². The van der Waals surface area contributed by atoms with E-state index in [4.69, 9.17) is 0 Å². The predicted molar refractivity (Wildman–Crippen MR) is 66.2 cm³/mol. The molecule has 108 valence electrons. The molecule has 0 atom stereocenters. The molecule has 0 saturated carbocycles. The Hall–Kier alpha value is -1.38. The fourth-order valence-corrected chi connectivity index (χ4v) is 2.03. The molecule has 0 unspecified atom stereocenters. The van der Waals surface area contributed by atoms with Gasteiger partial charge in [0.25, 0.3) is 0 Å². The monoisotopic (exact) mass is 296 g/mol. The lowest BCUT2D eigenvalue weighted by Gasteiger charge is -2.18. The van der Waals surface area contributed by atoms with Gasteiger partial charge in [-0.1, -0.05) is 24.7 Å². The van der Waals surface area contributed by atoms with Crippen LogP contribution in [0.3, 0.4) is 0 Å². The molecule has 1 aromatic rings. The van der Waals surface area contributed by atoms with E-state index in [-0.39, 0.29) is 5.13 Å². The molecule has 0 spiro atoms. The van der Waals surface area contributed by atoms with Crippen molar-refractivity contribution in [2.75, 3.05) is 18.9 Å². The van der Waals surface area contributed by atoms with Crippen molar-refractivity contribution in [3.05, 3.63) is 5.01 Å². The number of hydrogen-bond acceptors (Lipinski definition) is 4. The molecule has 5 nitrogen and oxygen atoms in total. The van der Waals surface area contributed by atoms with E-state index < -0.39 is 18.8 Å². The van der Waals surface area contributed by atoms with Gasteiger partial charge in [0.05, 0.1) is 0 Å². The number of anilines is 1. The Morgan fingerprint density at radius 1 is 1.42 bits per heavy atom. The van der Waals surface area contributed by atoms with E-state index in [0.717, 1.165) is 31.3 Å². The van der Waals surface area contributed by atoms with Gasteiger partial charge in [0.2, 0.25) is 5.13 Å². The number of carbonyl (C=O) groups is 1. The first-order valence-corrected chi connectivity index (χ1v) is 6.54. The molecule has 1 aromatic heterocycles. The quantitative estimate of drug-likeness (QED) is 0.909. The van der Waals surface area contributed by atoms with Crippen molar-refractivity contribution >= 4 is 22.5 Å². The van der Waals surface area contributed by atoms with Gasteiger partial charge in [-0.25, -0.2) is 4.79 Å². The normalized spacial score (nSPS) is 11.4. The highest BCUT2D eigenvalue weighted by atomic mass is 32.1. The molecule has 0 bridgehead atoms. The van der Waals surface area contributed by atoms with Crippen LogP contribution in [0, 0.1) is 0 Å². The third-order valence-corrected chi connectivity index (χ3v) is 3.09. The van der Waals surface area contributed by atoms with Gasteiger partial charge in [-0.15, -0.1) is 10.2 Å². The van der Waals surface area contributed by atoms with Gasteiger partial charge in [-0.05, 0) is 6.42 Å². The van der Waals surface area contributed by atoms with Crippen LogP contribution in [0.2, 0.25) is 0 Å². The summed E-state index contributed by atoms with van der Waals surface area (Å²) < 4.78 is 36.3. The second-order valence-electron chi connectivity index (χ2n) is 4.01. The molecular weight excluding hydrogens is 281 g/mol. The third kappa shape index (κ3) is 5.86. The van der Waals surface area contributed by atoms with Crippen molar-refractivity contribution in [2.24, 2.45) is 0 Å². The molecule has 0 aliphatic carbocycles. The molecule has 0 fully saturated rings. The Bertz CT molecular complexity index is 421. The summed E-state index contributed by atoms with van der Waals surface area (Å²) in [6.07, 6.45) is -1.70. The van der Waals surface area contributed by atoms with Crippen LogP contribution in [-0.4, -0.2) is 40.9 Å². The standard InChI is InChI=1S/C10H15F3N4OS/c1-3-4-5-7-15-16-8(19-7)14-9(18)17(2)6-10(11,12)13/h3-6H2,1-2H3,(H,14,16,18). The zero-order chi connectivity index (χ0) is 14.5. The Morgan fingerprint density at radius 2 is 2.11 bits per heavy atom. The molecule has 1 rings (SSSR count). The van der Waals surface area contributed by atoms with E-state index in [1.165, 1.54) is 11.3 Å². The van der Waals surface area contributed by atoms with Crippen LogP contribution in [0.25, 0.3) is 0 Å². The van der Waals surface area contributed by atoms with Crippen molar-refractivity contribution < 1.29 is 18.0 Å². The summed E-state index contributed by atoms with van der Waals surface area (Å²) in [6.45, 7) is 0.732. The number of unbranched alkanes of at least 4 members (excludes halogenated alkanes) is 1. The van der Waals surface area contributed by atoms with Crippen molar-refractivity contribution in [1.29, 1.82) is 0 Å². The largest absolute Gasteiger partial charge is 0.406 e.